The number of nitrogens with one attached hydrogen (secondary N) is 2. The molecule has 10 heteroatoms. The van der Waals surface area contributed by atoms with Gasteiger partial charge in [-0.15, -0.1) is 16.8 Å². The molecule has 0 aliphatic heterocycles. The molecule has 0 spiro atoms. The molecule has 1 aromatic heterocycles. The van der Waals surface area contributed by atoms with Crippen LogP contribution in [0.5, 0.6) is 0 Å². The fourth-order valence-corrected chi connectivity index (χ4v) is 4.43. The van der Waals surface area contributed by atoms with Gasteiger partial charge < -0.3 is 15.2 Å². The third kappa shape index (κ3) is 6.71. The summed E-state index contributed by atoms with van der Waals surface area (Å²) in [6.45, 7) is 8.24. The van der Waals surface area contributed by atoms with Crippen LogP contribution in [0.4, 0.5) is 5.69 Å². The van der Waals surface area contributed by atoms with Crippen molar-refractivity contribution < 1.29 is 9.59 Å². The molecule has 2 N–H and O–H groups in total. The highest BCUT2D eigenvalue weighted by molar-refractivity contribution is 9.10. The van der Waals surface area contributed by atoms with Crippen LogP contribution in [0.1, 0.15) is 36.1 Å². The Morgan fingerprint density at radius 2 is 1.88 bits per heavy atom. The van der Waals surface area contributed by atoms with Crippen molar-refractivity contribution in [2.45, 2.75) is 31.6 Å². The highest BCUT2D eigenvalue weighted by atomic mass is 79.9. The Bertz CT molecular complexity index is 1170. The van der Waals surface area contributed by atoms with Crippen molar-refractivity contribution in [1.29, 1.82) is 0 Å². The second-order valence-electron chi connectivity index (χ2n) is 7.76. The number of amides is 2. The average molecular weight is 563 g/mol. The Kier molecular flexibility index (Phi) is 9.32. The number of anilines is 1. The number of rotatable bonds is 10. The quantitative estimate of drug-likeness (QED) is 0.243. The SMILES string of the molecule is C=CCn1c(SCC(=O)Nc2ccc(Br)cc2)nnc1[C@H](NC(=O)c1ccccc1Cl)C(C)C. The zero-order valence-corrected chi connectivity index (χ0v) is 22.0. The lowest BCUT2D eigenvalue weighted by atomic mass is 10.0. The van der Waals surface area contributed by atoms with Crippen LogP contribution in [0.15, 0.2) is 70.8 Å². The number of hydrogen-bond donors (Lipinski definition) is 2. The van der Waals surface area contributed by atoms with Gasteiger partial charge in [-0.3, -0.25) is 9.59 Å². The van der Waals surface area contributed by atoms with Gasteiger partial charge in [0.25, 0.3) is 5.91 Å². The first-order valence-electron chi connectivity index (χ1n) is 10.6. The van der Waals surface area contributed by atoms with Crippen molar-refractivity contribution in [1.82, 2.24) is 20.1 Å². The van der Waals surface area contributed by atoms with Crippen LogP contribution in [0, 0.1) is 5.92 Å². The second kappa shape index (κ2) is 12.2. The highest BCUT2D eigenvalue weighted by Gasteiger charge is 2.27. The van der Waals surface area contributed by atoms with Crippen molar-refractivity contribution in [3.05, 3.63) is 82.1 Å². The maximum absolute atomic E-state index is 12.9. The number of carbonyl (C=O) groups excluding carboxylic acids is 2. The predicted molar refractivity (Wildman–Crippen MR) is 140 cm³/mol. The molecule has 3 rings (SSSR count). The maximum Gasteiger partial charge on any atom is 0.253 e. The van der Waals surface area contributed by atoms with E-state index in [-0.39, 0.29) is 23.5 Å². The van der Waals surface area contributed by atoms with Gasteiger partial charge in [-0.1, -0.05) is 71.3 Å². The lowest BCUT2D eigenvalue weighted by molar-refractivity contribution is -0.113. The molecule has 0 aliphatic rings. The molecule has 34 heavy (non-hydrogen) atoms. The summed E-state index contributed by atoms with van der Waals surface area (Å²) in [5.41, 5.74) is 1.10. The van der Waals surface area contributed by atoms with Gasteiger partial charge in [0, 0.05) is 16.7 Å². The van der Waals surface area contributed by atoms with Gasteiger partial charge in [-0.25, -0.2) is 0 Å². The van der Waals surface area contributed by atoms with Crippen LogP contribution in [0.25, 0.3) is 0 Å². The third-order valence-electron chi connectivity index (χ3n) is 4.87. The number of allylic oxidation sites excluding steroid dienone is 1. The van der Waals surface area contributed by atoms with E-state index < -0.39 is 6.04 Å². The van der Waals surface area contributed by atoms with Crippen LogP contribution < -0.4 is 10.6 Å². The zero-order valence-electron chi connectivity index (χ0n) is 18.8. The van der Waals surface area contributed by atoms with Crippen molar-refractivity contribution in [3.63, 3.8) is 0 Å². The van der Waals surface area contributed by atoms with Crippen LogP contribution in [0.3, 0.4) is 0 Å². The molecule has 1 heterocycles. The summed E-state index contributed by atoms with van der Waals surface area (Å²) in [7, 11) is 0. The number of halogens is 2. The van der Waals surface area contributed by atoms with Gasteiger partial charge in [0.05, 0.1) is 22.4 Å². The maximum atomic E-state index is 12.9. The first kappa shape index (κ1) is 26.0. The van der Waals surface area contributed by atoms with Gasteiger partial charge >= 0.3 is 0 Å². The van der Waals surface area contributed by atoms with E-state index in [9.17, 15) is 9.59 Å². The summed E-state index contributed by atoms with van der Waals surface area (Å²) in [6.07, 6.45) is 1.73. The molecule has 1 atom stereocenters. The Labute approximate surface area is 216 Å². The number of nitrogens with zero attached hydrogens (tertiary/aromatic N) is 3. The van der Waals surface area contributed by atoms with Crippen LogP contribution >= 0.6 is 39.3 Å². The number of aromatic nitrogens is 3. The number of benzene rings is 2. The van der Waals surface area contributed by atoms with Gasteiger partial charge in [0.15, 0.2) is 11.0 Å². The van der Waals surface area contributed by atoms with Crippen molar-refractivity contribution >= 4 is 56.8 Å². The van der Waals surface area contributed by atoms with Gasteiger partial charge in [-0.2, -0.15) is 0 Å². The smallest absolute Gasteiger partial charge is 0.253 e. The van der Waals surface area contributed by atoms with E-state index in [2.05, 4.69) is 43.3 Å². The van der Waals surface area contributed by atoms with E-state index in [1.165, 1.54) is 11.8 Å². The summed E-state index contributed by atoms with van der Waals surface area (Å²) in [6, 6.07) is 13.8. The molecule has 0 radical (unpaired) electrons. The van der Waals surface area contributed by atoms with E-state index in [0.717, 1.165) is 4.47 Å². The van der Waals surface area contributed by atoms with Gasteiger partial charge in [-0.05, 0) is 42.3 Å². The topological polar surface area (TPSA) is 88.9 Å². The Hall–Kier alpha value is -2.62. The minimum Gasteiger partial charge on any atom is -0.342 e. The Morgan fingerprint density at radius 3 is 2.53 bits per heavy atom. The van der Waals surface area contributed by atoms with E-state index in [4.69, 9.17) is 11.6 Å². The first-order chi connectivity index (χ1) is 16.3. The first-order valence-corrected chi connectivity index (χ1v) is 12.7. The molecule has 0 saturated heterocycles. The lowest BCUT2D eigenvalue weighted by Crippen LogP contribution is -2.34. The second-order valence-corrected chi connectivity index (χ2v) is 10.0. The van der Waals surface area contributed by atoms with E-state index in [0.29, 0.717) is 33.8 Å². The molecule has 0 unspecified atom stereocenters. The molecule has 2 amide bonds. The Balaban J connectivity index is 1.75. The molecule has 2 aromatic carbocycles. The Morgan fingerprint density at radius 1 is 1.18 bits per heavy atom. The summed E-state index contributed by atoms with van der Waals surface area (Å²) in [5, 5.41) is 15.5. The fraction of sp³-hybridized carbons (Fsp3) is 0.250. The summed E-state index contributed by atoms with van der Waals surface area (Å²) in [4.78, 5) is 25.3. The largest absolute Gasteiger partial charge is 0.342 e. The molecular weight excluding hydrogens is 538 g/mol. The highest BCUT2D eigenvalue weighted by Crippen LogP contribution is 2.26. The monoisotopic (exact) mass is 561 g/mol. The zero-order chi connectivity index (χ0) is 24.7. The van der Waals surface area contributed by atoms with Gasteiger partial charge in [0.2, 0.25) is 5.91 Å². The molecule has 0 bridgehead atoms. The number of hydrogen-bond acceptors (Lipinski definition) is 5. The predicted octanol–water partition coefficient (Wildman–Crippen LogP) is 5.74. The van der Waals surface area contributed by atoms with Crippen molar-refractivity contribution in [2.24, 2.45) is 5.92 Å². The van der Waals surface area contributed by atoms with Crippen molar-refractivity contribution in [3.8, 4) is 0 Å². The van der Waals surface area contributed by atoms with Crippen LogP contribution in [-0.2, 0) is 11.3 Å². The molecule has 0 saturated carbocycles. The molecule has 3 aromatic rings. The van der Waals surface area contributed by atoms with E-state index in [1.807, 2.05) is 42.7 Å². The molecule has 0 aliphatic carbocycles. The van der Waals surface area contributed by atoms with Gasteiger partial charge in [0.1, 0.15) is 0 Å². The van der Waals surface area contributed by atoms with E-state index in [1.54, 1.807) is 30.3 Å². The third-order valence-corrected chi connectivity index (χ3v) is 6.69. The molecule has 178 valence electrons. The number of thioether (sulfide) groups is 1. The molecule has 7 nitrogen and oxygen atoms in total. The van der Waals surface area contributed by atoms with Crippen LogP contribution in [-0.4, -0.2) is 32.3 Å². The minimum atomic E-state index is -0.415. The van der Waals surface area contributed by atoms with Crippen LogP contribution in [0.2, 0.25) is 5.02 Å². The summed E-state index contributed by atoms with van der Waals surface area (Å²) >= 11 is 10.8. The minimum absolute atomic E-state index is 0.0257. The fourth-order valence-electron chi connectivity index (χ4n) is 3.19. The standard InChI is InChI=1S/C24H25BrClN5O2S/c1-4-13-31-22(21(15(2)3)28-23(33)18-7-5-6-8-19(18)26)29-30-24(31)34-14-20(32)27-17-11-9-16(25)10-12-17/h4-12,15,21H,1,13-14H2,2-3H3,(H,27,32)(H,28,33)/t21-/m1/s1. The number of carbonyl (C=O) groups is 2. The average Bonchev–Trinajstić information content (AvgIpc) is 3.20. The lowest BCUT2D eigenvalue weighted by Gasteiger charge is -2.23. The summed E-state index contributed by atoms with van der Waals surface area (Å²) < 4.78 is 2.80. The molecular formula is C24H25BrClN5O2S. The molecule has 0 fully saturated rings. The van der Waals surface area contributed by atoms with E-state index >= 15 is 0 Å². The van der Waals surface area contributed by atoms with Crippen molar-refractivity contribution in [2.75, 3.05) is 11.1 Å². The summed E-state index contributed by atoms with van der Waals surface area (Å²) in [5.74, 6) is 0.322. The normalized spacial score (nSPS) is 11.8.